The van der Waals surface area contributed by atoms with Crippen LogP contribution in [0.15, 0.2) is 10.2 Å². The predicted molar refractivity (Wildman–Crippen MR) is 64.0 cm³/mol. The van der Waals surface area contributed by atoms with E-state index in [0.717, 1.165) is 13.0 Å². The molecule has 0 radical (unpaired) electrons. The molecule has 0 aromatic rings. The van der Waals surface area contributed by atoms with E-state index in [1.54, 1.807) is 6.92 Å². The van der Waals surface area contributed by atoms with E-state index >= 15 is 0 Å². The minimum Gasteiger partial charge on any atom is -0.368 e. The number of azo groups is 1. The molecule has 1 unspecified atom stereocenters. The predicted octanol–water partition coefficient (Wildman–Crippen LogP) is 3.92. The Morgan fingerprint density at radius 2 is 1.60 bits per heavy atom. The first-order chi connectivity index (χ1) is 7.12. The van der Waals surface area contributed by atoms with Crippen molar-refractivity contribution in [1.82, 2.24) is 0 Å². The Morgan fingerprint density at radius 3 is 2.20 bits per heavy atom. The summed E-state index contributed by atoms with van der Waals surface area (Å²) < 4.78 is 0. The smallest absolute Gasteiger partial charge is 0.172 e. The van der Waals surface area contributed by atoms with Crippen LogP contribution in [0.2, 0.25) is 0 Å². The second-order valence-electron chi connectivity index (χ2n) is 4.30. The number of nitrogens with zero attached hydrogens (tertiary/aromatic N) is 2. The van der Waals surface area contributed by atoms with E-state index < -0.39 is 5.72 Å². The minimum atomic E-state index is -0.956. The first kappa shape index (κ1) is 14.6. The molecule has 1 atom stereocenters. The summed E-state index contributed by atoms with van der Waals surface area (Å²) in [6.45, 7) is 6.57. The molecular weight excluding hydrogens is 188 g/mol. The van der Waals surface area contributed by atoms with Gasteiger partial charge < -0.3 is 5.11 Å². The van der Waals surface area contributed by atoms with Gasteiger partial charge in [0.2, 0.25) is 0 Å². The fourth-order valence-corrected chi connectivity index (χ4v) is 1.24. The van der Waals surface area contributed by atoms with Gasteiger partial charge in [0.05, 0.1) is 6.54 Å². The average Bonchev–Trinajstić information content (AvgIpc) is 2.22. The van der Waals surface area contributed by atoms with Gasteiger partial charge in [-0.1, -0.05) is 46.0 Å². The Bertz CT molecular complexity index is 167. The molecule has 0 spiro atoms. The van der Waals surface area contributed by atoms with E-state index in [-0.39, 0.29) is 0 Å². The van der Waals surface area contributed by atoms with Crippen LogP contribution in [0.1, 0.15) is 65.7 Å². The third-order valence-corrected chi connectivity index (χ3v) is 2.57. The van der Waals surface area contributed by atoms with Crippen LogP contribution in [0.25, 0.3) is 0 Å². The molecule has 0 saturated heterocycles. The first-order valence-electron chi connectivity index (χ1n) is 6.23. The van der Waals surface area contributed by atoms with Gasteiger partial charge in [0.1, 0.15) is 0 Å². The maximum atomic E-state index is 9.54. The molecule has 0 amide bonds. The quantitative estimate of drug-likeness (QED) is 0.459. The molecule has 0 aliphatic rings. The topological polar surface area (TPSA) is 45.0 Å². The van der Waals surface area contributed by atoms with Gasteiger partial charge in [0.15, 0.2) is 5.72 Å². The first-order valence-corrected chi connectivity index (χ1v) is 6.23. The summed E-state index contributed by atoms with van der Waals surface area (Å²) in [5, 5.41) is 17.4. The summed E-state index contributed by atoms with van der Waals surface area (Å²) in [6.07, 6.45) is 8.20. The zero-order chi connectivity index (χ0) is 11.6. The van der Waals surface area contributed by atoms with Crippen LogP contribution >= 0.6 is 0 Å². The number of hydrogen-bond donors (Lipinski definition) is 1. The number of aliphatic hydroxyl groups is 1. The standard InChI is InChI=1S/C12H26N2O/c1-4-6-7-8-9-10-11-13-14-12(3,15)5-2/h15H,4-11H2,1-3H3/b14-13+. The van der Waals surface area contributed by atoms with Crippen LogP contribution in [0.3, 0.4) is 0 Å². The average molecular weight is 214 g/mol. The van der Waals surface area contributed by atoms with E-state index in [1.807, 2.05) is 6.92 Å². The van der Waals surface area contributed by atoms with E-state index in [2.05, 4.69) is 17.2 Å². The van der Waals surface area contributed by atoms with Crippen molar-refractivity contribution in [1.29, 1.82) is 0 Å². The normalized spacial score (nSPS) is 15.7. The van der Waals surface area contributed by atoms with Crippen LogP contribution in [0.4, 0.5) is 0 Å². The van der Waals surface area contributed by atoms with E-state index in [4.69, 9.17) is 0 Å². The van der Waals surface area contributed by atoms with E-state index in [1.165, 1.54) is 32.1 Å². The van der Waals surface area contributed by atoms with Crippen molar-refractivity contribution in [2.75, 3.05) is 6.54 Å². The molecule has 0 saturated carbocycles. The van der Waals surface area contributed by atoms with Crippen molar-refractivity contribution in [2.45, 2.75) is 71.4 Å². The second kappa shape index (κ2) is 8.84. The van der Waals surface area contributed by atoms with Crippen molar-refractivity contribution >= 4 is 0 Å². The summed E-state index contributed by atoms with van der Waals surface area (Å²) in [7, 11) is 0. The Kier molecular flexibility index (Phi) is 8.58. The third kappa shape index (κ3) is 9.85. The highest BCUT2D eigenvalue weighted by Gasteiger charge is 2.14. The Labute approximate surface area is 94.0 Å². The molecule has 0 aliphatic carbocycles. The van der Waals surface area contributed by atoms with E-state index in [0.29, 0.717) is 6.42 Å². The van der Waals surface area contributed by atoms with Gasteiger partial charge >= 0.3 is 0 Å². The highest BCUT2D eigenvalue weighted by Crippen LogP contribution is 2.11. The maximum absolute atomic E-state index is 9.54. The SMILES string of the molecule is CCCCCCCC/N=N/C(C)(O)CC. The van der Waals surface area contributed by atoms with Crippen molar-refractivity contribution in [3.63, 3.8) is 0 Å². The minimum absolute atomic E-state index is 0.618. The molecule has 1 N–H and O–H groups in total. The lowest BCUT2D eigenvalue weighted by molar-refractivity contribution is 0.0571. The number of rotatable bonds is 9. The summed E-state index contributed by atoms with van der Waals surface area (Å²) in [6, 6.07) is 0. The molecule has 0 aromatic carbocycles. The summed E-state index contributed by atoms with van der Waals surface area (Å²) in [5.74, 6) is 0. The van der Waals surface area contributed by atoms with Gasteiger partial charge in [-0.3, -0.25) is 0 Å². The molecule has 3 nitrogen and oxygen atoms in total. The fourth-order valence-electron chi connectivity index (χ4n) is 1.24. The molecule has 0 bridgehead atoms. The van der Waals surface area contributed by atoms with Crippen molar-refractivity contribution < 1.29 is 5.11 Å². The van der Waals surface area contributed by atoms with Crippen LogP contribution in [-0.2, 0) is 0 Å². The summed E-state index contributed by atoms with van der Waals surface area (Å²) in [4.78, 5) is 0. The zero-order valence-electron chi connectivity index (χ0n) is 10.5. The molecule has 0 aliphatic heterocycles. The molecule has 0 aromatic heterocycles. The largest absolute Gasteiger partial charge is 0.368 e. The van der Waals surface area contributed by atoms with E-state index in [9.17, 15) is 5.11 Å². The lowest BCUT2D eigenvalue weighted by Gasteiger charge is -2.12. The van der Waals surface area contributed by atoms with Gasteiger partial charge in [-0.2, -0.15) is 10.2 Å². The molecule has 0 heterocycles. The Hall–Kier alpha value is -0.440. The Morgan fingerprint density at radius 1 is 1.00 bits per heavy atom. The molecule has 15 heavy (non-hydrogen) atoms. The van der Waals surface area contributed by atoms with Crippen molar-refractivity contribution in [3.05, 3.63) is 0 Å². The zero-order valence-corrected chi connectivity index (χ0v) is 10.5. The monoisotopic (exact) mass is 214 g/mol. The fraction of sp³-hybridized carbons (Fsp3) is 1.00. The van der Waals surface area contributed by atoms with Gasteiger partial charge in [-0.15, -0.1) is 0 Å². The number of hydrogen-bond acceptors (Lipinski definition) is 3. The van der Waals surface area contributed by atoms with Crippen LogP contribution in [0.5, 0.6) is 0 Å². The highest BCUT2D eigenvalue weighted by molar-refractivity contribution is 4.63. The summed E-state index contributed by atoms with van der Waals surface area (Å²) in [5.41, 5.74) is -0.956. The maximum Gasteiger partial charge on any atom is 0.172 e. The van der Waals surface area contributed by atoms with Crippen LogP contribution < -0.4 is 0 Å². The van der Waals surface area contributed by atoms with Crippen molar-refractivity contribution in [3.8, 4) is 0 Å². The molecular formula is C12H26N2O. The third-order valence-electron chi connectivity index (χ3n) is 2.57. The molecule has 3 heteroatoms. The number of unbranched alkanes of at least 4 members (excludes halogenated alkanes) is 5. The Balaban J connectivity index is 3.31. The summed E-state index contributed by atoms with van der Waals surface area (Å²) >= 11 is 0. The molecule has 0 fully saturated rings. The lowest BCUT2D eigenvalue weighted by Crippen LogP contribution is -2.18. The molecule has 0 rings (SSSR count). The van der Waals surface area contributed by atoms with Crippen LogP contribution in [-0.4, -0.2) is 17.4 Å². The second-order valence-corrected chi connectivity index (χ2v) is 4.30. The highest BCUT2D eigenvalue weighted by atomic mass is 16.3. The van der Waals surface area contributed by atoms with Gasteiger partial charge in [-0.25, -0.2) is 0 Å². The van der Waals surface area contributed by atoms with Crippen LogP contribution in [0, 0.1) is 0 Å². The lowest BCUT2D eigenvalue weighted by atomic mass is 10.1. The van der Waals surface area contributed by atoms with Crippen molar-refractivity contribution in [2.24, 2.45) is 10.2 Å². The molecule has 90 valence electrons. The van der Waals surface area contributed by atoms with Gasteiger partial charge in [0.25, 0.3) is 0 Å². The van der Waals surface area contributed by atoms with Gasteiger partial charge in [0, 0.05) is 0 Å². The van der Waals surface area contributed by atoms with Gasteiger partial charge in [-0.05, 0) is 19.8 Å².